The zero-order chi connectivity index (χ0) is 9.60. The molecule has 1 unspecified atom stereocenters. The SMILES string of the molecule is CC1NCCC12Cc1ccccc1C2. The number of benzene rings is 1. The quantitative estimate of drug-likeness (QED) is 0.656. The van der Waals surface area contributed by atoms with Crippen molar-refractivity contribution in [1.82, 2.24) is 5.32 Å². The molecule has 0 aromatic heterocycles. The molecule has 0 saturated carbocycles. The van der Waals surface area contributed by atoms with Crippen LogP contribution in [-0.4, -0.2) is 12.6 Å². The van der Waals surface area contributed by atoms with Crippen LogP contribution in [0.1, 0.15) is 24.5 Å². The zero-order valence-electron chi connectivity index (χ0n) is 8.72. The van der Waals surface area contributed by atoms with Crippen LogP contribution in [0.15, 0.2) is 24.3 Å². The van der Waals surface area contributed by atoms with E-state index in [0.29, 0.717) is 11.5 Å². The van der Waals surface area contributed by atoms with E-state index in [1.807, 2.05) is 0 Å². The third-order valence-corrected chi connectivity index (χ3v) is 4.20. The molecule has 1 aromatic carbocycles. The van der Waals surface area contributed by atoms with Gasteiger partial charge in [-0.1, -0.05) is 24.3 Å². The first-order valence-electron chi connectivity index (χ1n) is 5.60. The van der Waals surface area contributed by atoms with Gasteiger partial charge in [0.2, 0.25) is 0 Å². The molecule has 1 fully saturated rings. The van der Waals surface area contributed by atoms with E-state index in [-0.39, 0.29) is 0 Å². The first kappa shape index (κ1) is 8.49. The van der Waals surface area contributed by atoms with Crippen LogP contribution in [0.3, 0.4) is 0 Å². The van der Waals surface area contributed by atoms with Crippen molar-refractivity contribution in [3.05, 3.63) is 35.4 Å². The van der Waals surface area contributed by atoms with Crippen LogP contribution < -0.4 is 5.32 Å². The fourth-order valence-corrected chi connectivity index (χ4v) is 3.18. The number of nitrogens with one attached hydrogen (secondary N) is 1. The van der Waals surface area contributed by atoms with Gasteiger partial charge in [0.15, 0.2) is 0 Å². The molecule has 0 radical (unpaired) electrons. The normalized spacial score (nSPS) is 28.2. The second kappa shape index (κ2) is 2.83. The maximum atomic E-state index is 3.59. The van der Waals surface area contributed by atoms with E-state index in [1.54, 1.807) is 11.1 Å². The first-order chi connectivity index (χ1) is 6.80. The van der Waals surface area contributed by atoms with Crippen LogP contribution in [-0.2, 0) is 12.8 Å². The van der Waals surface area contributed by atoms with Crippen molar-refractivity contribution in [3.8, 4) is 0 Å². The summed E-state index contributed by atoms with van der Waals surface area (Å²) in [5.41, 5.74) is 3.72. The van der Waals surface area contributed by atoms with Crippen molar-refractivity contribution in [2.45, 2.75) is 32.2 Å². The predicted molar refractivity (Wildman–Crippen MR) is 58.4 cm³/mol. The third kappa shape index (κ3) is 1.05. The number of hydrogen-bond acceptors (Lipinski definition) is 1. The zero-order valence-corrected chi connectivity index (χ0v) is 8.72. The highest BCUT2D eigenvalue weighted by Gasteiger charge is 2.44. The van der Waals surface area contributed by atoms with Gasteiger partial charge in [-0.3, -0.25) is 0 Å². The van der Waals surface area contributed by atoms with Crippen molar-refractivity contribution in [3.63, 3.8) is 0 Å². The first-order valence-corrected chi connectivity index (χ1v) is 5.60. The number of rotatable bonds is 0. The second-order valence-corrected chi connectivity index (χ2v) is 4.91. The van der Waals surface area contributed by atoms with Gasteiger partial charge < -0.3 is 5.32 Å². The molecule has 1 atom stereocenters. The van der Waals surface area contributed by atoms with E-state index in [9.17, 15) is 0 Å². The summed E-state index contributed by atoms with van der Waals surface area (Å²) in [6.07, 6.45) is 3.93. The van der Waals surface area contributed by atoms with Gasteiger partial charge >= 0.3 is 0 Å². The molecular weight excluding hydrogens is 170 g/mol. The highest BCUT2D eigenvalue weighted by atomic mass is 15.0. The van der Waals surface area contributed by atoms with Crippen LogP contribution in [0.25, 0.3) is 0 Å². The summed E-state index contributed by atoms with van der Waals surface area (Å²) in [4.78, 5) is 0. The Morgan fingerprint density at radius 1 is 1.21 bits per heavy atom. The second-order valence-electron chi connectivity index (χ2n) is 4.91. The Bertz CT molecular complexity index is 331. The predicted octanol–water partition coefficient (Wildman–Crippen LogP) is 2.15. The maximum Gasteiger partial charge on any atom is 0.0102 e. The maximum absolute atomic E-state index is 3.59. The molecule has 3 rings (SSSR count). The fraction of sp³-hybridized carbons (Fsp3) is 0.538. The minimum absolute atomic E-state index is 0.545. The van der Waals surface area contributed by atoms with Crippen molar-refractivity contribution >= 4 is 0 Å². The van der Waals surface area contributed by atoms with E-state index in [4.69, 9.17) is 0 Å². The highest BCUT2D eigenvalue weighted by molar-refractivity contribution is 5.35. The van der Waals surface area contributed by atoms with Crippen LogP contribution in [0.5, 0.6) is 0 Å². The van der Waals surface area contributed by atoms with Gasteiger partial charge in [-0.15, -0.1) is 0 Å². The van der Waals surface area contributed by atoms with Gasteiger partial charge in [-0.2, -0.15) is 0 Å². The van der Waals surface area contributed by atoms with Gasteiger partial charge in [-0.25, -0.2) is 0 Å². The molecule has 1 aliphatic carbocycles. The lowest BCUT2D eigenvalue weighted by Crippen LogP contribution is -2.34. The van der Waals surface area contributed by atoms with Crippen LogP contribution in [0, 0.1) is 5.41 Å². The van der Waals surface area contributed by atoms with E-state index < -0.39 is 0 Å². The Kier molecular flexibility index (Phi) is 1.72. The molecule has 14 heavy (non-hydrogen) atoms. The lowest BCUT2D eigenvalue weighted by atomic mass is 9.78. The Morgan fingerprint density at radius 2 is 1.86 bits per heavy atom. The summed E-state index contributed by atoms with van der Waals surface area (Å²) in [5, 5.41) is 3.59. The van der Waals surface area contributed by atoms with Gasteiger partial charge in [0.05, 0.1) is 0 Å². The van der Waals surface area contributed by atoms with Crippen molar-refractivity contribution in [2.24, 2.45) is 5.41 Å². The molecule has 0 bridgehead atoms. The highest BCUT2D eigenvalue weighted by Crippen LogP contribution is 2.44. The number of hydrogen-bond donors (Lipinski definition) is 1. The van der Waals surface area contributed by atoms with Gasteiger partial charge in [-0.05, 0) is 49.3 Å². The minimum Gasteiger partial charge on any atom is -0.314 e. The monoisotopic (exact) mass is 187 g/mol. The molecule has 1 aliphatic heterocycles. The van der Waals surface area contributed by atoms with Gasteiger partial charge in [0.1, 0.15) is 0 Å². The Balaban J connectivity index is 1.97. The topological polar surface area (TPSA) is 12.0 Å². The largest absolute Gasteiger partial charge is 0.314 e. The van der Waals surface area contributed by atoms with E-state index in [1.165, 1.54) is 25.8 Å². The molecule has 2 aliphatic rings. The minimum atomic E-state index is 0.545. The summed E-state index contributed by atoms with van der Waals surface area (Å²) in [6.45, 7) is 3.55. The summed E-state index contributed by atoms with van der Waals surface area (Å²) < 4.78 is 0. The van der Waals surface area contributed by atoms with Crippen molar-refractivity contribution in [1.29, 1.82) is 0 Å². The number of fused-ring (bicyclic) bond motifs is 1. The van der Waals surface area contributed by atoms with Crippen molar-refractivity contribution < 1.29 is 0 Å². The van der Waals surface area contributed by atoms with Crippen LogP contribution in [0.4, 0.5) is 0 Å². The molecule has 1 aromatic rings. The average molecular weight is 187 g/mol. The van der Waals surface area contributed by atoms with E-state index in [0.717, 1.165) is 0 Å². The molecule has 1 saturated heterocycles. The standard InChI is InChI=1S/C13H17N/c1-10-13(6-7-14-10)8-11-4-2-3-5-12(11)9-13/h2-5,10,14H,6-9H2,1H3. The van der Waals surface area contributed by atoms with Crippen LogP contribution in [0.2, 0.25) is 0 Å². The molecular formula is C13H17N. The fourth-order valence-electron chi connectivity index (χ4n) is 3.18. The summed E-state index contributed by atoms with van der Waals surface area (Å²) in [6, 6.07) is 9.63. The summed E-state index contributed by atoms with van der Waals surface area (Å²) in [5.74, 6) is 0. The molecule has 0 amide bonds. The molecule has 1 N–H and O–H groups in total. The van der Waals surface area contributed by atoms with Gasteiger partial charge in [0.25, 0.3) is 0 Å². The lowest BCUT2D eigenvalue weighted by molar-refractivity contribution is 0.277. The summed E-state index contributed by atoms with van der Waals surface area (Å²) in [7, 11) is 0. The molecule has 1 heteroatoms. The van der Waals surface area contributed by atoms with Crippen molar-refractivity contribution in [2.75, 3.05) is 6.54 Å². The molecule has 1 heterocycles. The Hall–Kier alpha value is -0.820. The van der Waals surface area contributed by atoms with E-state index >= 15 is 0 Å². The van der Waals surface area contributed by atoms with Gasteiger partial charge in [0, 0.05) is 6.04 Å². The molecule has 1 spiro atoms. The smallest absolute Gasteiger partial charge is 0.0102 e. The van der Waals surface area contributed by atoms with E-state index in [2.05, 4.69) is 36.5 Å². The lowest BCUT2D eigenvalue weighted by Gasteiger charge is -2.27. The molecule has 74 valence electrons. The summed E-state index contributed by atoms with van der Waals surface area (Å²) >= 11 is 0. The Labute approximate surface area is 85.5 Å². The molecule has 1 nitrogen and oxygen atoms in total. The Morgan fingerprint density at radius 3 is 2.36 bits per heavy atom. The average Bonchev–Trinajstić information content (AvgIpc) is 2.71. The third-order valence-electron chi connectivity index (χ3n) is 4.20. The van der Waals surface area contributed by atoms with Crippen LogP contribution >= 0.6 is 0 Å².